The van der Waals surface area contributed by atoms with Gasteiger partial charge in [0.2, 0.25) is 5.89 Å². The molecule has 0 saturated heterocycles. The van der Waals surface area contributed by atoms with Gasteiger partial charge in [-0.25, -0.2) is 0 Å². The highest BCUT2D eigenvalue weighted by Gasteiger charge is 2.25. The van der Waals surface area contributed by atoms with E-state index in [0.29, 0.717) is 42.0 Å². The molecule has 0 spiro atoms. The van der Waals surface area contributed by atoms with Crippen molar-refractivity contribution in [3.63, 3.8) is 0 Å². The summed E-state index contributed by atoms with van der Waals surface area (Å²) in [6.45, 7) is 0.392. The first-order chi connectivity index (χ1) is 11.8. The zero-order valence-corrected chi connectivity index (χ0v) is 12.7. The molecule has 0 bridgehead atoms. The van der Waals surface area contributed by atoms with Crippen molar-refractivity contribution >= 4 is 5.91 Å². The van der Waals surface area contributed by atoms with Gasteiger partial charge in [0, 0.05) is 18.9 Å². The molecule has 1 amide bonds. The first-order valence-electron chi connectivity index (χ1n) is 7.68. The van der Waals surface area contributed by atoms with Crippen LogP contribution in [0.3, 0.4) is 0 Å². The Bertz CT molecular complexity index is 818. The van der Waals surface area contributed by atoms with Crippen LogP contribution in [-0.4, -0.2) is 53.0 Å². The monoisotopic (exact) mass is 329 g/mol. The Balaban J connectivity index is 1.34. The molecule has 124 valence electrons. The Hall–Kier alpha value is -3.11. The molecule has 3 aromatic rings. The highest BCUT2D eigenvalue weighted by atomic mass is 16.5. The van der Waals surface area contributed by atoms with Crippen molar-refractivity contribution in [1.82, 2.24) is 45.9 Å². The number of nitrogens with zero attached hydrogens (tertiary/aromatic N) is 7. The molecule has 3 aromatic heterocycles. The molecule has 11 nitrogen and oxygen atoms in total. The van der Waals surface area contributed by atoms with Gasteiger partial charge in [-0.15, -0.1) is 5.10 Å². The van der Waals surface area contributed by atoms with Gasteiger partial charge in [0.15, 0.2) is 11.6 Å². The maximum Gasteiger partial charge on any atom is 0.256 e. The van der Waals surface area contributed by atoms with Crippen LogP contribution in [0.5, 0.6) is 0 Å². The predicted molar refractivity (Wildman–Crippen MR) is 78.2 cm³/mol. The van der Waals surface area contributed by atoms with Gasteiger partial charge in [0.25, 0.3) is 5.91 Å². The van der Waals surface area contributed by atoms with Crippen LogP contribution >= 0.6 is 0 Å². The first kappa shape index (κ1) is 14.5. The van der Waals surface area contributed by atoms with E-state index in [1.54, 1.807) is 0 Å². The van der Waals surface area contributed by atoms with Crippen molar-refractivity contribution in [3.8, 4) is 5.82 Å². The average molecular weight is 329 g/mol. The molecule has 3 heterocycles. The largest absolute Gasteiger partial charge is 0.351 e. The van der Waals surface area contributed by atoms with Gasteiger partial charge in [-0.3, -0.25) is 9.89 Å². The van der Waals surface area contributed by atoms with Crippen LogP contribution in [-0.2, 0) is 6.42 Å². The lowest BCUT2D eigenvalue weighted by atomic mass is 9.85. The van der Waals surface area contributed by atoms with Gasteiger partial charge in [-0.2, -0.15) is 14.8 Å². The molecule has 1 aliphatic carbocycles. The highest BCUT2D eigenvalue weighted by molar-refractivity contribution is 5.96. The third-order valence-electron chi connectivity index (χ3n) is 4.01. The van der Waals surface area contributed by atoms with E-state index >= 15 is 0 Å². The molecule has 1 fully saturated rings. The van der Waals surface area contributed by atoms with E-state index < -0.39 is 0 Å². The predicted octanol–water partition coefficient (Wildman–Crippen LogP) is 0.00840. The van der Waals surface area contributed by atoms with E-state index in [1.165, 1.54) is 23.6 Å². The minimum absolute atomic E-state index is 0.281. The van der Waals surface area contributed by atoms with Crippen LogP contribution in [0, 0.1) is 0 Å². The maximum atomic E-state index is 12.3. The summed E-state index contributed by atoms with van der Waals surface area (Å²) in [6.07, 6.45) is 6.74. The number of nitrogens with one attached hydrogen (secondary N) is 2. The van der Waals surface area contributed by atoms with Crippen molar-refractivity contribution in [2.75, 3.05) is 6.54 Å². The molecule has 4 rings (SSSR count). The molecule has 0 aliphatic heterocycles. The summed E-state index contributed by atoms with van der Waals surface area (Å²) in [6, 6.07) is 0. The normalized spacial score (nSPS) is 14.5. The molecule has 0 atom stereocenters. The number of rotatable bonds is 6. The molecule has 1 saturated carbocycles. The summed E-state index contributed by atoms with van der Waals surface area (Å²) in [5.74, 6) is 1.84. The fourth-order valence-electron chi connectivity index (χ4n) is 2.46. The highest BCUT2D eigenvalue weighted by Crippen LogP contribution is 2.35. The van der Waals surface area contributed by atoms with E-state index in [0.717, 1.165) is 12.8 Å². The second-order valence-corrected chi connectivity index (χ2v) is 5.57. The van der Waals surface area contributed by atoms with Gasteiger partial charge in [0.1, 0.15) is 11.9 Å². The Morgan fingerprint density at radius 3 is 3.12 bits per heavy atom. The zero-order valence-electron chi connectivity index (χ0n) is 12.7. The smallest absolute Gasteiger partial charge is 0.256 e. The molecule has 2 N–H and O–H groups in total. The van der Waals surface area contributed by atoms with E-state index in [1.807, 2.05) is 0 Å². The average Bonchev–Trinajstić information content (AvgIpc) is 3.26. The standard InChI is InChI=1S/C13H15N9O2/c23-12(9-6-15-18-11(9)22-7-16-20-21-22)14-5-4-10-17-13(24-19-10)8-2-1-3-8/h6-8H,1-5H2,(H,14,23)(H,15,18). The molecule has 0 aromatic carbocycles. The van der Waals surface area contributed by atoms with Gasteiger partial charge in [-0.1, -0.05) is 11.6 Å². The Labute approximate surface area is 135 Å². The van der Waals surface area contributed by atoms with Crippen LogP contribution in [0.2, 0.25) is 0 Å². The number of carbonyl (C=O) groups is 1. The van der Waals surface area contributed by atoms with Crippen molar-refractivity contribution in [3.05, 3.63) is 29.8 Å². The molecule has 1 aliphatic rings. The molecule has 24 heavy (non-hydrogen) atoms. The van der Waals surface area contributed by atoms with Crippen LogP contribution < -0.4 is 5.32 Å². The number of amides is 1. The Kier molecular flexibility index (Phi) is 3.73. The third-order valence-corrected chi connectivity index (χ3v) is 4.01. The minimum Gasteiger partial charge on any atom is -0.351 e. The Morgan fingerprint density at radius 1 is 1.46 bits per heavy atom. The van der Waals surface area contributed by atoms with Crippen LogP contribution in [0.25, 0.3) is 5.82 Å². The summed E-state index contributed by atoms with van der Waals surface area (Å²) in [4.78, 5) is 16.6. The van der Waals surface area contributed by atoms with E-state index in [-0.39, 0.29) is 5.91 Å². The van der Waals surface area contributed by atoms with Crippen molar-refractivity contribution in [2.45, 2.75) is 31.6 Å². The molecule has 0 radical (unpaired) electrons. The molecule has 0 unspecified atom stereocenters. The summed E-state index contributed by atoms with van der Waals surface area (Å²) in [5.41, 5.74) is 0.352. The number of aromatic nitrogens is 8. The number of hydrogen-bond donors (Lipinski definition) is 2. The zero-order chi connectivity index (χ0) is 16.4. The number of H-pyrrole nitrogens is 1. The second-order valence-electron chi connectivity index (χ2n) is 5.57. The van der Waals surface area contributed by atoms with Gasteiger partial charge < -0.3 is 9.84 Å². The van der Waals surface area contributed by atoms with Crippen molar-refractivity contribution < 1.29 is 9.32 Å². The number of hydrogen-bond acceptors (Lipinski definition) is 8. The SMILES string of the molecule is O=C(NCCc1noc(C2CCC2)n1)c1cn[nH]c1-n1cnnn1. The number of tetrazole rings is 1. The second kappa shape index (κ2) is 6.18. The fraction of sp³-hybridized carbons (Fsp3) is 0.462. The maximum absolute atomic E-state index is 12.3. The third kappa shape index (κ3) is 2.75. The van der Waals surface area contributed by atoms with E-state index in [9.17, 15) is 4.79 Å². The van der Waals surface area contributed by atoms with Gasteiger partial charge in [-0.05, 0) is 23.3 Å². The topological polar surface area (TPSA) is 140 Å². The molecular weight excluding hydrogens is 314 g/mol. The lowest BCUT2D eigenvalue weighted by Gasteiger charge is -2.20. The summed E-state index contributed by atoms with van der Waals surface area (Å²) in [7, 11) is 0. The Morgan fingerprint density at radius 2 is 2.38 bits per heavy atom. The molecule has 11 heteroatoms. The van der Waals surface area contributed by atoms with Crippen LogP contribution in [0.15, 0.2) is 17.0 Å². The lowest BCUT2D eigenvalue weighted by Crippen LogP contribution is -2.26. The van der Waals surface area contributed by atoms with E-state index in [4.69, 9.17) is 4.52 Å². The van der Waals surface area contributed by atoms with E-state index in [2.05, 4.69) is 41.2 Å². The van der Waals surface area contributed by atoms with Crippen molar-refractivity contribution in [1.29, 1.82) is 0 Å². The number of aromatic amines is 1. The summed E-state index contributed by atoms with van der Waals surface area (Å²) < 4.78 is 6.59. The first-order valence-corrected chi connectivity index (χ1v) is 7.68. The summed E-state index contributed by atoms with van der Waals surface area (Å²) in [5, 5.41) is 24.1. The quantitative estimate of drug-likeness (QED) is 0.644. The van der Waals surface area contributed by atoms with Crippen molar-refractivity contribution in [2.24, 2.45) is 0 Å². The lowest BCUT2D eigenvalue weighted by molar-refractivity contribution is 0.0954. The minimum atomic E-state index is -0.281. The van der Waals surface area contributed by atoms with Crippen LogP contribution in [0.1, 0.15) is 47.3 Å². The fourth-order valence-corrected chi connectivity index (χ4v) is 2.46. The van der Waals surface area contributed by atoms with Crippen LogP contribution in [0.4, 0.5) is 0 Å². The summed E-state index contributed by atoms with van der Waals surface area (Å²) >= 11 is 0. The van der Waals surface area contributed by atoms with Gasteiger partial charge in [0.05, 0.1) is 6.20 Å². The molecular formula is C13H15N9O2. The number of carbonyl (C=O) groups excluding carboxylic acids is 1. The van der Waals surface area contributed by atoms with Gasteiger partial charge >= 0.3 is 0 Å².